The summed E-state index contributed by atoms with van der Waals surface area (Å²) in [6, 6.07) is 17.6. The van der Waals surface area contributed by atoms with Crippen molar-refractivity contribution in [2.75, 3.05) is 10.7 Å². The fraction of sp³-hybridized carbons (Fsp3) is 0.133. The van der Waals surface area contributed by atoms with Crippen molar-refractivity contribution in [3.8, 4) is 0 Å². The summed E-state index contributed by atoms with van der Waals surface area (Å²) < 4.78 is 0. The standard InChI is InChI=1S/C15H17N3O/c1-12(19)17-15-10-6-5-7-13(15)11-16-18-14-8-3-2-4-9-14/h2-10,16,18H,11H2,1H3,(H,17,19). The van der Waals surface area contributed by atoms with E-state index in [9.17, 15) is 4.79 Å². The molecule has 19 heavy (non-hydrogen) atoms. The van der Waals surface area contributed by atoms with Gasteiger partial charge in [-0.15, -0.1) is 0 Å². The van der Waals surface area contributed by atoms with Crippen LogP contribution in [-0.2, 0) is 11.3 Å². The Balaban J connectivity index is 1.94. The van der Waals surface area contributed by atoms with E-state index in [0.29, 0.717) is 6.54 Å². The molecule has 0 saturated heterocycles. The van der Waals surface area contributed by atoms with Crippen molar-refractivity contribution in [3.05, 3.63) is 60.2 Å². The van der Waals surface area contributed by atoms with Gasteiger partial charge in [-0.2, -0.15) is 0 Å². The van der Waals surface area contributed by atoms with Gasteiger partial charge in [-0.3, -0.25) is 4.79 Å². The van der Waals surface area contributed by atoms with Crippen molar-refractivity contribution in [2.45, 2.75) is 13.5 Å². The zero-order valence-corrected chi connectivity index (χ0v) is 10.8. The van der Waals surface area contributed by atoms with Crippen LogP contribution in [0.15, 0.2) is 54.6 Å². The van der Waals surface area contributed by atoms with E-state index < -0.39 is 0 Å². The molecule has 2 aromatic rings. The van der Waals surface area contributed by atoms with Crippen molar-refractivity contribution in [2.24, 2.45) is 0 Å². The lowest BCUT2D eigenvalue weighted by molar-refractivity contribution is -0.114. The summed E-state index contributed by atoms with van der Waals surface area (Å²) in [4.78, 5) is 11.1. The summed E-state index contributed by atoms with van der Waals surface area (Å²) in [5.41, 5.74) is 9.10. The average Bonchev–Trinajstić information content (AvgIpc) is 2.41. The topological polar surface area (TPSA) is 53.2 Å². The van der Waals surface area contributed by atoms with Crippen molar-refractivity contribution in [1.82, 2.24) is 5.43 Å². The molecule has 0 aliphatic rings. The second kappa shape index (κ2) is 6.56. The summed E-state index contributed by atoms with van der Waals surface area (Å²) in [5.74, 6) is -0.0662. The number of carbonyl (C=O) groups is 1. The highest BCUT2D eigenvalue weighted by Crippen LogP contribution is 2.14. The van der Waals surface area contributed by atoms with E-state index in [2.05, 4.69) is 16.2 Å². The summed E-state index contributed by atoms with van der Waals surface area (Å²) in [6.45, 7) is 2.12. The third-order valence-electron chi connectivity index (χ3n) is 2.61. The van der Waals surface area contributed by atoms with Crippen LogP contribution in [0, 0.1) is 0 Å². The van der Waals surface area contributed by atoms with E-state index in [4.69, 9.17) is 0 Å². The maximum atomic E-state index is 11.1. The van der Waals surface area contributed by atoms with Gasteiger partial charge in [0.25, 0.3) is 0 Å². The first-order chi connectivity index (χ1) is 9.25. The van der Waals surface area contributed by atoms with Gasteiger partial charge in [-0.1, -0.05) is 36.4 Å². The summed E-state index contributed by atoms with van der Waals surface area (Å²) in [6.07, 6.45) is 0. The van der Waals surface area contributed by atoms with Gasteiger partial charge in [0.15, 0.2) is 0 Å². The highest BCUT2D eigenvalue weighted by Gasteiger charge is 2.02. The molecule has 0 aliphatic carbocycles. The minimum atomic E-state index is -0.0662. The Bertz CT molecular complexity index is 540. The molecule has 2 rings (SSSR count). The first-order valence-electron chi connectivity index (χ1n) is 6.15. The Hall–Kier alpha value is -2.33. The van der Waals surface area contributed by atoms with Crippen LogP contribution in [0.3, 0.4) is 0 Å². The molecule has 0 unspecified atom stereocenters. The highest BCUT2D eigenvalue weighted by molar-refractivity contribution is 5.89. The van der Waals surface area contributed by atoms with E-state index in [1.807, 2.05) is 54.6 Å². The van der Waals surface area contributed by atoms with Crippen molar-refractivity contribution < 1.29 is 4.79 Å². The molecule has 4 nitrogen and oxygen atoms in total. The smallest absolute Gasteiger partial charge is 0.221 e. The van der Waals surface area contributed by atoms with E-state index in [1.165, 1.54) is 6.92 Å². The molecule has 0 spiro atoms. The van der Waals surface area contributed by atoms with Crippen LogP contribution in [0.1, 0.15) is 12.5 Å². The second-order valence-electron chi connectivity index (χ2n) is 4.18. The number of amides is 1. The first-order valence-corrected chi connectivity index (χ1v) is 6.15. The third kappa shape index (κ3) is 4.12. The van der Waals surface area contributed by atoms with Gasteiger partial charge in [-0.05, 0) is 23.8 Å². The van der Waals surface area contributed by atoms with Gasteiger partial charge >= 0.3 is 0 Å². The maximum absolute atomic E-state index is 11.1. The minimum Gasteiger partial charge on any atom is -0.326 e. The summed E-state index contributed by atoms with van der Waals surface area (Å²) in [7, 11) is 0. The molecule has 0 saturated carbocycles. The van der Waals surface area contributed by atoms with E-state index in [-0.39, 0.29) is 5.91 Å². The molecule has 2 aromatic carbocycles. The number of rotatable bonds is 5. The van der Waals surface area contributed by atoms with E-state index in [1.54, 1.807) is 0 Å². The molecule has 0 heterocycles. The van der Waals surface area contributed by atoms with E-state index in [0.717, 1.165) is 16.9 Å². The number of para-hydroxylation sites is 2. The Morgan fingerprint density at radius 2 is 1.68 bits per heavy atom. The number of carbonyl (C=O) groups excluding carboxylic acids is 1. The largest absolute Gasteiger partial charge is 0.326 e. The molecule has 1 amide bonds. The van der Waals surface area contributed by atoms with Gasteiger partial charge < -0.3 is 10.7 Å². The molecule has 0 radical (unpaired) electrons. The molecule has 3 N–H and O–H groups in total. The van der Waals surface area contributed by atoms with Gasteiger partial charge in [0.05, 0.1) is 0 Å². The quantitative estimate of drug-likeness (QED) is 0.720. The van der Waals surface area contributed by atoms with Crippen molar-refractivity contribution in [1.29, 1.82) is 0 Å². The summed E-state index contributed by atoms with van der Waals surface area (Å²) in [5, 5.41) is 2.82. The fourth-order valence-corrected chi connectivity index (χ4v) is 1.75. The van der Waals surface area contributed by atoms with Crippen LogP contribution < -0.4 is 16.2 Å². The zero-order chi connectivity index (χ0) is 13.5. The number of anilines is 2. The lowest BCUT2D eigenvalue weighted by Gasteiger charge is -2.12. The Labute approximate surface area is 112 Å². The molecule has 4 heteroatoms. The van der Waals surface area contributed by atoms with Crippen molar-refractivity contribution in [3.63, 3.8) is 0 Å². The Morgan fingerprint density at radius 3 is 2.42 bits per heavy atom. The molecule has 0 bridgehead atoms. The van der Waals surface area contributed by atoms with Crippen LogP contribution in [0.5, 0.6) is 0 Å². The zero-order valence-electron chi connectivity index (χ0n) is 10.8. The number of benzene rings is 2. The van der Waals surface area contributed by atoms with Crippen LogP contribution >= 0.6 is 0 Å². The molecule has 0 atom stereocenters. The van der Waals surface area contributed by atoms with Crippen molar-refractivity contribution >= 4 is 17.3 Å². The molecule has 0 aliphatic heterocycles. The monoisotopic (exact) mass is 255 g/mol. The number of hydrazine groups is 1. The SMILES string of the molecule is CC(=O)Nc1ccccc1CNNc1ccccc1. The number of hydrogen-bond acceptors (Lipinski definition) is 3. The van der Waals surface area contributed by atoms with Crippen LogP contribution in [0.25, 0.3) is 0 Å². The van der Waals surface area contributed by atoms with E-state index >= 15 is 0 Å². The Morgan fingerprint density at radius 1 is 1.00 bits per heavy atom. The second-order valence-corrected chi connectivity index (χ2v) is 4.18. The number of nitrogens with one attached hydrogen (secondary N) is 3. The predicted octanol–water partition coefficient (Wildman–Crippen LogP) is 2.76. The molecule has 98 valence electrons. The van der Waals surface area contributed by atoms with Gasteiger partial charge in [0, 0.05) is 24.8 Å². The summed E-state index contributed by atoms with van der Waals surface area (Å²) >= 11 is 0. The van der Waals surface area contributed by atoms with Crippen LogP contribution in [0.4, 0.5) is 11.4 Å². The lowest BCUT2D eigenvalue weighted by atomic mass is 10.2. The molecular weight excluding hydrogens is 238 g/mol. The van der Waals surface area contributed by atoms with Crippen LogP contribution in [0.2, 0.25) is 0 Å². The third-order valence-corrected chi connectivity index (χ3v) is 2.61. The number of hydrogen-bond donors (Lipinski definition) is 3. The average molecular weight is 255 g/mol. The Kier molecular flexibility index (Phi) is 4.53. The fourth-order valence-electron chi connectivity index (χ4n) is 1.75. The molecular formula is C15H17N3O. The highest BCUT2D eigenvalue weighted by atomic mass is 16.1. The van der Waals surface area contributed by atoms with Gasteiger partial charge in [0.2, 0.25) is 5.91 Å². The predicted molar refractivity (Wildman–Crippen MR) is 77.7 cm³/mol. The first kappa shape index (κ1) is 13.1. The normalized spacial score (nSPS) is 9.95. The molecule has 0 aromatic heterocycles. The lowest BCUT2D eigenvalue weighted by Crippen LogP contribution is -2.21. The minimum absolute atomic E-state index is 0.0662. The van der Waals surface area contributed by atoms with Gasteiger partial charge in [-0.25, -0.2) is 5.43 Å². The van der Waals surface area contributed by atoms with Crippen LogP contribution in [-0.4, -0.2) is 5.91 Å². The molecule has 0 fully saturated rings. The van der Waals surface area contributed by atoms with Gasteiger partial charge in [0.1, 0.15) is 0 Å². The maximum Gasteiger partial charge on any atom is 0.221 e.